The molecule has 0 aliphatic carbocycles. The van der Waals surface area contributed by atoms with E-state index in [0.29, 0.717) is 6.10 Å². The molecule has 0 saturated carbocycles. The fraction of sp³-hybridized carbons (Fsp3) is 0.615. The van der Waals surface area contributed by atoms with E-state index < -0.39 is 0 Å². The van der Waals surface area contributed by atoms with Crippen LogP contribution in [0.25, 0.3) is 0 Å². The van der Waals surface area contributed by atoms with Crippen LogP contribution in [0, 0.1) is 0 Å². The Bertz CT molecular complexity index is 311. The van der Waals surface area contributed by atoms with Gasteiger partial charge in [-0.15, -0.1) is 11.6 Å². The summed E-state index contributed by atoms with van der Waals surface area (Å²) in [7, 11) is 0. The average molecular weight is 240 g/mol. The van der Waals surface area contributed by atoms with E-state index in [1.165, 1.54) is 6.42 Å². The number of halogens is 1. The zero-order valence-electron chi connectivity index (χ0n) is 9.60. The number of hydrogen-bond acceptors (Lipinski definition) is 2. The molecule has 1 saturated heterocycles. The number of nitrogens with zero attached hydrogens (tertiary/aromatic N) is 1. The number of ether oxygens (including phenoxy) is 1. The largest absolute Gasteiger partial charge is 0.378 e. The van der Waals surface area contributed by atoms with Crippen LogP contribution in [0.3, 0.4) is 0 Å². The van der Waals surface area contributed by atoms with Gasteiger partial charge in [-0.1, -0.05) is 13.0 Å². The number of aromatic nitrogens is 1. The van der Waals surface area contributed by atoms with Crippen LogP contribution in [0.15, 0.2) is 24.4 Å². The third-order valence-corrected chi connectivity index (χ3v) is 3.77. The fourth-order valence-corrected chi connectivity index (χ4v) is 2.44. The number of alkyl halides is 1. The van der Waals surface area contributed by atoms with Crippen LogP contribution in [-0.2, 0) is 4.74 Å². The van der Waals surface area contributed by atoms with Crippen LogP contribution < -0.4 is 0 Å². The van der Waals surface area contributed by atoms with Gasteiger partial charge in [-0.25, -0.2) is 0 Å². The molecular weight excluding hydrogens is 222 g/mol. The second-order valence-corrected chi connectivity index (χ2v) is 4.99. The average Bonchev–Trinajstić information content (AvgIpc) is 2.82. The van der Waals surface area contributed by atoms with E-state index in [1.54, 1.807) is 0 Å². The Morgan fingerprint density at radius 1 is 1.56 bits per heavy atom. The second kappa shape index (κ2) is 5.65. The lowest BCUT2D eigenvalue weighted by Gasteiger charge is -2.20. The van der Waals surface area contributed by atoms with Gasteiger partial charge in [-0.2, -0.15) is 0 Å². The molecule has 88 valence electrons. The van der Waals surface area contributed by atoms with Gasteiger partial charge in [-0.3, -0.25) is 4.98 Å². The smallest absolute Gasteiger partial charge is 0.0590 e. The van der Waals surface area contributed by atoms with Crippen molar-refractivity contribution in [1.29, 1.82) is 0 Å². The molecule has 1 aromatic rings. The highest BCUT2D eigenvalue weighted by atomic mass is 35.5. The van der Waals surface area contributed by atoms with Crippen molar-refractivity contribution in [2.24, 2.45) is 0 Å². The van der Waals surface area contributed by atoms with Crippen molar-refractivity contribution in [3.8, 4) is 0 Å². The molecule has 3 atom stereocenters. The third-order valence-electron chi connectivity index (χ3n) is 3.21. The highest BCUT2D eigenvalue weighted by Gasteiger charge is 2.24. The molecule has 0 radical (unpaired) electrons. The van der Waals surface area contributed by atoms with Crippen molar-refractivity contribution in [2.75, 3.05) is 6.61 Å². The van der Waals surface area contributed by atoms with Crippen LogP contribution in [-0.4, -0.2) is 23.1 Å². The van der Waals surface area contributed by atoms with Gasteiger partial charge in [0.25, 0.3) is 0 Å². The predicted molar refractivity (Wildman–Crippen MR) is 65.9 cm³/mol. The zero-order valence-corrected chi connectivity index (χ0v) is 10.4. The van der Waals surface area contributed by atoms with E-state index in [-0.39, 0.29) is 11.3 Å². The number of pyridine rings is 1. The van der Waals surface area contributed by atoms with Crippen molar-refractivity contribution < 1.29 is 4.74 Å². The third kappa shape index (κ3) is 2.96. The van der Waals surface area contributed by atoms with Gasteiger partial charge in [0.05, 0.1) is 6.10 Å². The summed E-state index contributed by atoms with van der Waals surface area (Å²) in [6.45, 7) is 3.03. The molecule has 1 aliphatic heterocycles. The van der Waals surface area contributed by atoms with Gasteiger partial charge in [0, 0.05) is 29.8 Å². The van der Waals surface area contributed by atoms with Crippen molar-refractivity contribution in [3.05, 3.63) is 30.1 Å². The maximum Gasteiger partial charge on any atom is 0.0590 e. The molecule has 0 bridgehead atoms. The van der Waals surface area contributed by atoms with Crippen LogP contribution in [0.1, 0.15) is 37.8 Å². The van der Waals surface area contributed by atoms with Gasteiger partial charge in [-0.05, 0) is 31.4 Å². The van der Waals surface area contributed by atoms with Gasteiger partial charge < -0.3 is 4.74 Å². The summed E-state index contributed by atoms with van der Waals surface area (Å²) in [6, 6.07) is 5.98. The Morgan fingerprint density at radius 3 is 3.06 bits per heavy atom. The first-order chi connectivity index (χ1) is 7.77. The summed E-state index contributed by atoms with van der Waals surface area (Å²) < 4.78 is 5.60. The SMILES string of the molecule is CC(c1ccccn1)C(Cl)CC1CCCO1. The van der Waals surface area contributed by atoms with E-state index in [0.717, 1.165) is 25.1 Å². The maximum absolute atomic E-state index is 6.43. The van der Waals surface area contributed by atoms with E-state index in [9.17, 15) is 0 Å². The number of rotatable bonds is 4. The molecular formula is C13H18ClNO. The van der Waals surface area contributed by atoms with Crippen LogP contribution in [0.2, 0.25) is 0 Å². The molecule has 0 N–H and O–H groups in total. The van der Waals surface area contributed by atoms with Crippen LogP contribution >= 0.6 is 11.6 Å². The molecule has 1 aromatic heterocycles. The summed E-state index contributed by atoms with van der Waals surface area (Å²) in [5.41, 5.74) is 1.07. The van der Waals surface area contributed by atoms with Crippen LogP contribution in [0.4, 0.5) is 0 Å². The molecule has 0 amide bonds. The second-order valence-electron chi connectivity index (χ2n) is 4.43. The van der Waals surface area contributed by atoms with Crippen LogP contribution in [0.5, 0.6) is 0 Å². The minimum atomic E-state index is 0.109. The summed E-state index contributed by atoms with van der Waals surface area (Å²) in [5, 5.41) is 0.109. The highest BCUT2D eigenvalue weighted by molar-refractivity contribution is 6.21. The minimum absolute atomic E-state index is 0.109. The summed E-state index contributed by atoms with van der Waals surface area (Å²) in [5.74, 6) is 0.284. The van der Waals surface area contributed by atoms with Crippen molar-refractivity contribution >= 4 is 11.6 Å². The molecule has 0 aromatic carbocycles. The lowest BCUT2D eigenvalue weighted by molar-refractivity contribution is 0.102. The van der Waals surface area contributed by atoms with E-state index in [2.05, 4.69) is 11.9 Å². The normalized spacial score (nSPS) is 24.2. The first kappa shape index (κ1) is 11.9. The van der Waals surface area contributed by atoms with Gasteiger partial charge in [0.2, 0.25) is 0 Å². The Balaban J connectivity index is 1.91. The predicted octanol–water partition coefficient (Wildman–Crippen LogP) is 3.36. The minimum Gasteiger partial charge on any atom is -0.378 e. The molecule has 1 fully saturated rings. The molecule has 1 aliphatic rings. The number of hydrogen-bond donors (Lipinski definition) is 0. The lowest BCUT2D eigenvalue weighted by Crippen LogP contribution is -2.18. The lowest BCUT2D eigenvalue weighted by atomic mass is 9.97. The summed E-state index contributed by atoms with van der Waals surface area (Å²) >= 11 is 6.43. The molecule has 3 unspecified atom stereocenters. The van der Waals surface area contributed by atoms with E-state index in [4.69, 9.17) is 16.3 Å². The first-order valence-electron chi connectivity index (χ1n) is 5.94. The molecule has 2 rings (SSSR count). The maximum atomic E-state index is 6.43. The quantitative estimate of drug-likeness (QED) is 0.752. The van der Waals surface area contributed by atoms with Gasteiger partial charge in [0.1, 0.15) is 0 Å². The summed E-state index contributed by atoms with van der Waals surface area (Å²) in [4.78, 5) is 4.35. The van der Waals surface area contributed by atoms with Crippen molar-refractivity contribution in [3.63, 3.8) is 0 Å². The molecule has 3 heteroatoms. The van der Waals surface area contributed by atoms with Gasteiger partial charge in [0.15, 0.2) is 0 Å². The molecule has 2 heterocycles. The Morgan fingerprint density at radius 2 is 2.44 bits per heavy atom. The molecule has 2 nitrogen and oxygen atoms in total. The molecule has 0 spiro atoms. The fourth-order valence-electron chi connectivity index (χ4n) is 2.12. The van der Waals surface area contributed by atoms with Crippen molar-refractivity contribution in [2.45, 2.75) is 43.6 Å². The highest BCUT2D eigenvalue weighted by Crippen LogP contribution is 2.28. The monoisotopic (exact) mass is 239 g/mol. The Hall–Kier alpha value is -0.600. The standard InChI is InChI=1S/C13H18ClNO/c1-10(13-6-2-3-7-15-13)12(14)9-11-5-4-8-16-11/h2-3,6-7,10-12H,4-5,8-9H2,1H3. The van der Waals surface area contributed by atoms with Gasteiger partial charge >= 0.3 is 0 Å². The first-order valence-corrected chi connectivity index (χ1v) is 6.37. The topological polar surface area (TPSA) is 22.1 Å². The Kier molecular flexibility index (Phi) is 4.19. The van der Waals surface area contributed by atoms with E-state index in [1.807, 2.05) is 24.4 Å². The van der Waals surface area contributed by atoms with Crippen molar-refractivity contribution in [1.82, 2.24) is 4.98 Å². The zero-order chi connectivity index (χ0) is 11.4. The summed E-state index contributed by atoms with van der Waals surface area (Å²) in [6.07, 6.45) is 5.43. The van der Waals surface area contributed by atoms with E-state index >= 15 is 0 Å². The Labute approximate surface area is 102 Å². The molecule has 16 heavy (non-hydrogen) atoms.